The van der Waals surface area contributed by atoms with E-state index in [1.165, 1.54) is 6.42 Å². The van der Waals surface area contributed by atoms with Crippen LogP contribution in [0.2, 0.25) is 0 Å². The van der Waals surface area contributed by atoms with Gasteiger partial charge in [0, 0.05) is 3.92 Å². The molecule has 1 aliphatic carbocycles. The fourth-order valence-electron chi connectivity index (χ4n) is 1.61. The molecule has 0 radical (unpaired) electrons. The van der Waals surface area contributed by atoms with Crippen LogP contribution in [0.25, 0.3) is 0 Å². The van der Waals surface area contributed by atoms with Gasteiger partial charge in [0.15, 0.2) is 0 Å². The third-order valence-electron chi connectivity index (χ3n) is 2.45. The predicted molar refractivity (Wildman–Crippen MR) is 51.9 cm³/mol. The molecule has 1 aliphatic rings. The molecular weight excluding hydrogens is 255 g/mol. The van der Waals surface area contributed by atoms with E-state index < -0.39 is 5.97 Å². The molecule has 11 heavy (non-hydrogen) atoms. The first-order valence-corrected chi connectivity index (χ1v) is 5.22. The normalized spacial score (nSPS) is 38.5. The first-order valence-electron chi connectivity index (χ1n) is 3.98. The van der Waals surface area contributed by atoms with Crippen LogP contribution in [0.4, 0.5) is 0 Å². The molecule has 64 valence electrons. The van der Waals surface area contributed by atoms with Crippen molar-refractivity contribution in [3.8, 4) is 0 Å². The summed E-state index contributed by atoms with van der Waals surface area (Å²) < 4.78 is 0.574. The first-order chi connectivity index (χ1) is 5.11. The molecule has 0 amide bonds. The molecule has 0 spiro atoms. The van der Waals surface area contributed by atoms with Crippen molar-refractivity contribution in [2.24, 2.45) is 11.8 Å². The standard InChI is InChI=1S/C8H13IO2/c1-5-2-3-6(9)4-7(5)8(10)11/h5-7H,2-4H2,1H3,(H,10,11). The number of hydrogen-bond donors (Lipinski definition) is 1. The Morgan fingerprint density at radius 3 is 2.64 bits per heavy atom. The van der Waals surface area contributed by atoms with Gasteiger partial charge in [-0.2, -0.15) is 0 Å². The number of rotatable bonds is 1. The Morgan fingerprint density at radius 1 is 1.55 bits per heavy atom. The third kappa shape index (κ3) is 2.32. The lowest BCUT2D eigenvalue weighted by Gasteiger charge is -2.28. The summed E-state index contributed by atoms with van der Waals surface area (Å²) in [6.45, 7) is 2.04. The molecule has 0 bridgehead atoms. The average molecular weight is 268 g/mol. The highest BCUT2D eigenvalue weighted by Crippen LogP contribution is 2.33. The van der Waals surface area contributed by atoms with Crippen LogP contribution in [0.5, 0.6) is 0 Å². The van der Waals surface area contributed by atoms with Gasteiger partial charge in [-0.1, -0.05) is 29.5 Å². The SMILES string of the molecule is CC1CCC(I)CC1C(=O)O. The lowest BCUT2D eigenvalue weighted by molar-refractivity contribution is -0.144. The van der Waals surface area contributed by atoms with Gasteiger partial charge in [-0.3, -0.25) is 4.79 Å². The molecule has 0 heterocycles. The fourth-order valence-corrected chi connectivity index (χ4v) is 2.52. The summed E-state index contributed by atoms with van der Waals surface area (Å²) in [5, 5.41) is 8.82. The number of carboxylic acids is 1. The summed E-state index contributed by atoms with van der Waals surface area (Å²) >= 11 is 2.35. The molecule has 0 aromatic rings. The number of aliphatic carboxylic acids is 1. The van der Waals surface area contributed by atoms with Crippen molar-refractivity contribution in [2.75, 3.05) is 0 Å². The van der Waals surface area contributed by atoms with Gasteiger partial charge in [-0.25, -0.2) is 0 Å². The second kappa shape index (κ2) is 3.74. The molecule has 0 aliphatic heterocycles. The van der Waals surface area contributed by atoms with Crippen LogP contribution in [-0.4, -0.2) is 15.0 Å². The Balaban J connectivity index is 2.54. The Hall–Kier alpha value is 0.200. The molecule has 2 nitrogen and oxygen atoms in total. The zero-order valence-electron chi connectivity index (χ0n) is 6.59. The van der Waals surface area contributed by atoms with Gasteiger partial charge in [0.2, 0.25) is 0 Å². The average Bonchev–Trinajstić information content (AvgIpc) is 1.94. The van der Waals surface area contributed by atoms with Crippen molar-refractivity contribution in [3.63, 3.8) is 0 Å². The van der Waals surface area contributed by atoms with Crippen molar-refractivity contribution < 1.29 is 9.90 Å². The molecule has 1 saturated carbocycles. The molecule has 3 unspecified atom stereocenters. The topological polar surface area (TPSA) is 37.3 Å². The summed E-state index contributed by atoms with van der Waals surface area (Å²) in [5.74, 6) is -0.331. The highest BCUT2D eigenvalue weighted by atomic mass is 127. The number of alkyl halides is 1. The molecule has 0 aromatic carbocycles. The van der Waals surface area contributed by atoms with E-state index in [0.29, 0.717) is 9.84 Å². The van der Waals surface area contributed by atoms with E-state index in [1.807, 2.05) is 6.92 Å². The Kier molecular flexibility index (Phi) is 3.16. The summed E-state index contributed by atoms with van der Waals surface area (Å²) in [6, 6.07) is 0. The van der Waals surface area contributed by atoms with Crippen LogP contribution in [-0.2, 0) is 4.79 Å². The van der Waals surface area contributed by atoms with E-state index in [4.69, 9.17) is 5.11 Å². The number of carboxylic acid groups (broad SMARTS) is 1. The van der Waals surface area contributed by atoms with Crippen molar-refractivity contribution in [3.05, 3.63) is 0 Å². The van der Waals surface area contributed by atoms with Gasteiger partial charge < -0.3 is 5.11 Å². The van der Waals surface area contributed by atoms with E-state index in [9.17, 15) is 4.79 Å². The summed E-state index contributed by atoms with van der Waals surface area (Å²) in [6.07, 6.45) is 3.12. The lowest BCUT2D eigenvalue weighted by atomic mass is 9.80. The minimum absolute atomic E-state index is 0.0920. The van der Waals surface area contributed by atoms with Crippen molar-refractivity contribution in [2.45, 2.75) is 30.1 Å². The quantitative estimate of drug-likeness (QED) is 0.585. The Bertz CT molecular complexity index is 158. The smallest absolute Gasteiger partial charge is 0.306 e. The van der Waals surface area contributed by atoms with Crippen LogP contribution in [0.1, 0.15) is 26.2 Å². The Morgan fingerprint density at radius 2 is 2.18 bits per heavy atom. The molecular formula is C8H13IO2. The number of hydrogen-bond acceptors (Lipinski definition) is 1. The van der Waals surface area contributed by atoms with Gasteiger partial charge >= 0.3 is 5.97 Å². The molecule has 3 heteroatoms. The van der Waals surface area contributed by atoms with Gasteiger partial charge in [0.05, 0.1) is 5.92 Å². The highest BCUT2D eigenvalue weighted by molar-refractivity contribution is 14.1. The molecule has 0 saturated heterocycles. The van der Waals surface area contributed by atoms with E-state index in [0.717, 1.165) is 12.8 Å². The maximum atomic E-state index is 10.7. The lowest BCUT2D eigenvalue weighted by Crippen LogP contribution is -2.29. The maximum Gasteiger partial charge on any atom is 0.306 e. The molecule has 1 N–H and O–H groups in total. The third-order valence-corrected chi connectivity index (χ3v) is 3.58. The zero-order valence-corrected chi connectivity index (χ0v) is 8.74. The molecule has 1 fully saturated rings. The first kappa shape index (κ1) is 9.29. The number of carbonyl (C=O) groups is 1. The summed E-state index contributed by atoms with van der Waals surface area (Å²) in [7, 11) is 0. The van der Waals surface area contributed by atoms with E-state index in [1.54, 1.807) is 0 Å². The minimum Gasteiger partial charge on any atom is -0.481 e. The van der Waals surface area contributed by atoms with Crippen molar-refractivity contribution >= 4 is 28.6 Å². The van der Waals surface area contributed by atoms with E-state index in [-0.39, 0.29) is 5.92 Å². The zero-order chi connectivity index (χ0) is 8.43. The second-order valence-corrected chi connectivity index (χ2v) is 5.09. The second-order valence-electron chi connectivity index (χ2n) is 3.33. The molecule has 1 rings (SSSR count). The molecule has 0 aromatic heterocycles. The summed E-state index contributed by atoms with van der Waals surface area (Å²) in [5.41, 5.74) is 0. The monoisotopic (exact) mass is 268 g/mol. The van der Waals surface area contributed by atoms with Gasteiger partial charge in [0.25, 0.3) is 0 Å². The summed E-state index contributed by atoms with van der Waals surface area (Å²) in [4.78, 5) is 10.7. The van der Waals surface area contributed by atoms with E-state index in [2.05, 4.69) is 22.6 Å². The molecule has 3 atom stereocenters. The maximum absolute atomic E-state index is 10.7. The van der Waals surface area contributed by atoms with Crippen molar-refractivity contribution in [1.29, 1.82) is 0 Å². The number of halogens is 1. The van der Waals surface area contributed by atoms with E-state index >= 15 is 0 Å². The Labute approximate surface area is 80.5 Å². The fraction of sp³-hybridized carbons (Fsp3) is 0.875. The van der Waals surface area contributed by atoms with Crippen LogP contribution < -0.4 is 0 Å². The van der Waals surface area contributed by atoms with Gasteiger partial charge in [-0.05, 0) is 25.2 Å². The highest BCUT2D eigenvalue weighted by Gasteiger charge is 2.31. The van der Waals surface area contributed by atoms with Gasteiger partial charge in [-0.15, -0.1) is 0 Å². The van der Waals surface area contributed by atoms with Crippen LogP contribution in [0.3, 0.4) is 0 Å². The predicted octanol–water partition coefficient (Wildman–Crippen LogP) is 2.31. The van der Waals surface area contributed by atoms with Crippen LogP contribution in [0.15, 0.2) is 0 Å². The van der Waals surface area contributed by atoms with Crippen LogP contribution >= 0.6 is 22.6 Å². The largest absolute Gasteiger partial charge is 0.481 e. The van der Waals surface area contributed by atoms with Crippen molar-refractivity contribution in [1.82, 2.24) is 0 Å². The van der Waals surface area contributed by atoms with Crippen LogP contribution in [0, 0.1) is 11.8 Å². The van der Waals surface area contributed by atoms with Gasteiger partial charge in [0.1, 0.15) is 0 Å². The minimum atomic E-state index is -0.612.